The molecule has 3 rings (SSSR count). The molecule has 1 spiro atoms. The smallest absolute Gasteiger partial charge is 0.259 e. The first-order valence-electron chi connectivity index (χ1n) is 6.93. The van der Waals surface area contributed by atoms with Crippen molar-refractivity contribution in [3.63, 3.8) is 0 Å². The summed E-state index contributed by atoms with van der Waals surface area (Å²) < 4.78 is 16.3. The highest BCUT2D eigenvalue weighted by Gasteiger charge is 2.47. The monoisotopic (exact) mass is 280 g/mol. The van der Waals surface area contributed by atoms with Gasteiger partial charge in [0.25, 0.3) is 5.91 Å². The minimum absolute atomic E-state index is 0.0115. The molecule has 2 fully saturated rings. The zero-order chi connectivity index (χ0) is 14.3. The number of carbonyl (C=O) groups is 1. The second kappa shape index (κ2) is 4.86. The Morgan fingerprint density at radius 3 is 2.90 bits per heavy atom. The lowest BCUT2D eigenvalue weighted by molar-refractivity contribution is 0.00700. The van der Waals surface area contributed by atoms with Crippen LogP contribution in [-0.4, -0.2) is 54.5 Å². The zero-order valence-electron chi connectivity index (χ0n) is 12.1. The summed E-state index contributed by atoms with van der Waals surface area (Å²) >= 11 is 0. The van der Waals surface area contributed by atoms with Crippen LogP contribution in [0.5, 0.6) is 0 Å². The van der Waals surface area contributed by atoms with Crippen LogP contribution < -0.4 is 0 Å². The summed E-state index contributed by atoms with van der Waals surface area (Å²) in [5.74, 6) is 0.568. The van der Waals surface area contributed by atoms with Crippen molar-refractivity contribution in [3.8, 4) is 0 Å². The fourth-order valence-corrected chi connectivity index (χ4v) is 3.20. The summed E-state index contributed by atoms with van der Waals surface area (Å²) in [6, 6.07) is 0. The Morgan fingerprint density at radius 1 is 1.50 bits per heavy atom. The van der Waals surface area contributed by atoms with E-state index in [4.69, 9.17) is 14.0 Å². The molecule has 3 heterocycles. The lowest BCUT2D eigenvalue weighted by Crippen LogP contribution is -2.36. The molecular weight excluding hydrogens is 260 g/mol. The Balaban J connectivity index is 1.73. The summed E-state index contributed by atoms with van der Waals surface area (Å²) in [6.45, 7) is 5.51. The van der Waals surface area contributed by atoms with Gasteiger partial charge >= 0.3 is 0 Å². The van der Waals surface area contributed by atoms with Gasteiger partial charge in [0.2, 0.25) is 0 Å². The highest BCUT2D eigenvalue weighted by Crippen LogP contribution is 2.36. The van der Waals surface area contributed by atoms with Crippen LogP contribution in [0.25, 0.3) is 0 Å². The van der Waals surface area contributed by atoms with Crippen LogP contribution in [0.2, 0.25) is 0 Å². The minimum Gasteiger partial charge on any atom is -0.379 e. The fourth-order valence-electron chi connectivity index (χ4n) is 3.20. The molecule has 2 unspecified atom stereocenters. The maximum atomic E-state index is 12.6. The molecule has 2 atom stereocenters. The van der Waals surface area contributed by atoms with Crippen molar-refractivity contribution in [2.45, 2.75) is 38.4 Å². The van der Waals surface area contributed by atoms with Gasteiger partial charge in [-0.3, -0.25) is 4.79 Å². The highest BCUT2D eigenvalue weighted by atomic mass is 16.6. The number of aromatic nitrogens is 1. The normalized spacial score (nSPS) is 29.6. The Labute approximate surface area is 118 Å². The van der Waals surface area contributed by atoms with E-state index in [1.165, 1.54) is 0 Å². The van der Waals surface area contributed by atoms with Crippen LogP contribution in [0, 0.1) is 13.8 Å². The van der Waals surface area contributed by atoms with Gasteiger partial charge in [-0.05, 0) is 20.3 Å². The molecule has 6 heteroatoms. The molecule has 0 saturated carbocycles. The van der Waals surface area contributed by atoms with Crippen molar-refractivity contribution in [1.82, 2.24) is 10.1 Å². The van der Waals surface area contributed by atoms with Gasteiger partial charge in [0.1, 0.15) is 11.3 Å². The molecule has 2 saturated heterocycles. The van der Waals surface area contributed by atoms with Crippen LogP contribution >= 0.6 is 0 Å². The third-order valence-corrected chi connectivity index (χ3v) is 4.36. The summed E-state index contributed by atoms with van der Waals surface area (Å²) in [5.41, 5.74) is 1.01. The van der Waals surface area contributed by atoms with Crippen molar-refractivity contribution < 1.29 is 18.8 Å². The van der Waals surface area contributed by atoms with Gasteiger partial charge in [-0.1, -0.05) is 5.16 Å². The van der Waals surface area contributed by atoms with Crippen LogP contribution in [0.1, 0.15) is 34.7 Å². The summed E-state index contributed by atoms with van der Waals surface area (Å²) in [6.07, 6.45) is 1.86. The average molecular weight is 280 g/mol. The van der Waals surface area contributed by atoms with Gasteiger partial charge in [-0.15, -0.1) is 0 Å². The molecule has 110 valence electrons. The summed E-state index contributed by atoms with van der Waals surface area (Å²) in [4.78, 5) is 14.4. The second-order valence-corrected chi connectivity index (χ2v) is 5.73. The SMILES string of the molecule is COC1COC2(CCN(C(=O)c3c(C)noc3C)C2)C1. The van der Waals surface area contributed by atoms with Gasteiger partial charge in [-0.25, -0.2) is 0 Å². The van der Waals surface area contributed by atoms with E-state index in [2.05, 4.69) is 5.16 Å². The molecule has 2 aliphatic rings. The van der Waals surface area contributed by atoms with Crippen LogP contribution in [0.4, 0.5) is 0 Å². The van der Waals surface area contributed by atoms with E-state index in [9.17, 15) is 4.79 Å². The van der Waals surface area contributed by atoms with E-state index >= 15 is 0 Å². The number of ether oxygens (including phenoxy) is 2. The maximum absolute atomic E-state index is 12.6. The van der Waals surface area contributed by atoms with Gasteiger partial charge < -0.3 is 18.9 Å². The molecular formula is C14H20N2O4. The first-order valence-corrected chi connectivity index (χ1v) is 6.93. The number of likely N-dealkylation sites (tertiary alicyclic amines) is 1. The Morgan fingerprint density at radius 2 is 2.30 bits per heavy atom. The van der Waals surface area contributed by atoms with E-state index in [-0.39, 0.29) is 17.6 Å². The van der Waals surface area contributed by atoms with Crippen molar-refractivity contribution in [2.24, 2.45) is 0 Å². The average Bonchev–Trinajstić information content (AvgIpc) is 3.11. The molecule has 1 aromatic heterocycles. The number of nitrogens with zero attached hydrogens (tertiary/aromatic N) is 2. The number of aryl methyl sites for hydroxylation is 2. The topological polar surface area (TPSA) is 64.8 Å². The third kappa shape index (κ3) is 2.13. The molecule has 20 heavy (non-hydrogen) atoms. The van der Waals surface area contributed by atoms with Gasteiger partial charge in [0.15, 0.2) is 0 Å². The van der Waals surface area contributed by atoms with E-state index < -0.39 is 0 Å². The summed E-state index contributed by atoms with van der Waals surface area (Å²) in [7, 11) is 1.70. The molecule has 1 aromatic rings. The molecule has 0 aromatic carbocycles. The van der Waals surface area contributed by atoms with Crippen molar-refractivity contribution in [1.29, 1.82) is 0 Å². The Kier molecular flexibility index (Phi) is 3.30. The second-order valence-electron chi connectivity index (χ2n) is 5.73. The predicted octanol–water partition coefficient (Wildman–Crippen LogP) is 1.31. The zero-order valence-corrected chi connectivity index (χ0v) is 12.1. The lowest BCUT2D eigenvalue weighted by atomic mass is 9.98. The minimum atomic E-state index is -0.227. The van der Waals surface area contributed by atoms with Crippen molar-refractivity contribution in [3.05, 3.63) is 17.0 Å². The van der Waals surface area contributed by atoms with Crippen molar-refractivity contribution in [2.75, 3.05) is 26.8 Å². The third-order valence-electron chi connectivity index (χ3n) is 4.36. The van der Waals surface area contributed by atoms with Gasteiger partial charge in [0, 0.05) is 20.1 Å². The fraction of sp³-hybridized carbons (Fsp3) is 0.714. The quantitative estimate of drug-likeness (QED) is 0.817. The number of hydrogen-bond donors (Lipinski definition) is 0. The number of hydrogen-bond acceptors (Lipinski definition) is 5. The molecule has 0 N–H and O–H groups in total. The lowest BCUT2D eigenvalue weighted by Gasteiger charge is -2.23. The van der Waals surface area contributed by atoms with E-state index in [0.717, 1.165) is 12.8 Å². The summed E-state index contributed by atoms with van der Waals surface area (Å²) in [5, 5.41) is 3.85. The predicted molar refractivity (Wildman–Crippen MR) is 70.6 cm³/mol. The molecule has 6 nitrogen and oxygen atoms in total. The number of methoxy groups -OCH3 is 1. The first kappa shape index (κ1) is 13.6. The molecule has 1 amide bonds. The number of amides is 1. The van der Waals surface area contributed by atoms with Crippen molar-refractivity contribution >= 4 is 5.91 Å². The van der Waals surface area contributed by atoms with E-state index in [1.54, 1.807) is 21.0 Å². The first-order chi connectivity index (χ1) is 9.54. The van der Waals surface area contributed by atoms with E-state index in [0.29, 0.717) is 36.7 Å². The number of carbonyl (C=O) groups excluding carboxylic acids is 1. The highest BCUT2D eigenvalue weighted by molar-refractivity contribution is 5.96. The molecule has 2 aliphatic heterocycles. The molecule has 0 bridgehead atoms. The largest absolute Gasteiger partial charge is 0.379 e. The number of rotatable bonds is 2. The molecule has 0 radical (unpaired) electrons. The van der Waals surface area contributed by atoms with E-state index in [1.807, 2.05) is 4.90 Å². The van der Waals surface area contributed by atoms with Crippen LogP contribution in [0.15, 0.2) is 4.52 Å². The Hall–Kier alpha value is -1.40. The van der Waals surface area contributed by atoms with Gasteiger partial charge in [-0.2, -0.15) is 0 Å². The standard InChI is InChI=1S/C14H20N2O4/c1-9-12(10(2)20-15-9)13(17)16-5-4-14(8-16)6-11(18-3)7-19-14/h11H,4-8H2,1-3H3. The van der Waals surface area contributed by atoms with Crippen LogP contribution in [-0.2, 0) is 9.47 Å². The Bertz CT molecular complexity index is 508. The van der Waals surface area contributed by atoms with Gasteiger partial charge in [0.05, 0.1) is 30.6 Å². The molecule has 0 aliphatic carbocycles. The van der Waals surface area contributed by atoms with Crippen LogP contribution in [0.3, 0.4) is 0 Å². The maximum Gasteiger partial charge on any atom is 0.259 e.